The summed E-state index contributed by atoms with van der Waals surface area (Å²) >= 11 is 0. The lowest BCUT2D eigenvalue weighted by molar-refractivity contribution is 0.308. The van der Waals surface area contributed by atoms with Crippen LogP contribution in [0.15, 0.2) is 24.3 Å². The summed E-state index contributed by atoms with van der Waals surface area (Å²) in [5.41, 5.74) is 1.52. The van der Waals surface area contributed by atoms with Gasteiger partial charge in [-0.3, -0.25) is 0 Å². The molecule has 1 fully saturated rings. The molecule has 1 saturated carbocycles. The SMILES string of the molecule is CCCC1CCC(c2ccc(OC[SiH2]C)cc2)CC1. The van der Waals surface area contributed by atoms with Crippen molar-refractivity contribution in [3.8, 4) is 5.75 Å². The molecule has 2 rings (SSSR count). The van der Waals surface area contributed by atoms with Crippen molar-refractivity contribution in [1.82, 2.24) is 0 Å². The number of hydrogen-bond acceptors (Lipinski definition) is 1. The summed E-state index contributed by atoms with van der Waals surface area (Å²) in [5, 5.41) is 0. The predicted octanol–water partition coefficient (Wildman–Crippen LogP) is 4.31. The summed E-state index contributed by atoms with van der Waals surface area (Å²) in [4.78, 5) is 0. The summed E-state index contributed by atoms with van der Waals surface area (Å²) in [6.07, 6.45) is 9.36. The van der Waals surface area contributed by atoms with Gasteiger partial charge in [-0.05, 0) is 55.2 Å². The van der Waals surface area contributed by atoms with Gasteiger partial charge in [0, 0.05) is 0 Å². The summed E-state index contributed by atoms with van der Waals surface area (Å²) < 4.78 is 5.71. The normalized spacial score (nSPS) is 23.9. The molecular formula is C17H28OSi. The van der Waals surface area contributed by atoms with Crippen LogP contribution in [0, 0.1) is 5.92 Å². The highest BCUT2D eigenvalue weighted by atomic mass is 28.2. The molecule has 0 amide bonds. The van der Waals surface area contributed by atoms with Crippen molar-refractivity contribution in [1.29, 1.82) is 0 Å². The van der Waals surface area contributed by atoms with E-state index in [2.05, 4.69) is 37.7 Å². The molecule has 1 aliphatic carbocycles. The molecule has 0 aliphatic heterocycles. The highest BCUT2D eigenvalue weighted by Crippen LogP contribution is 2.37. The number of ether oxygens (including phenoxy) is 1. The molecule has 1 nitrogen and oxygen atoms in total. The first-order valence-corrected chi connectivity index (χ1v) is 10.5. The first-order valence-electron chi connectivity index (χ1n) is 8.06. The minimum Gasteiger partial charge on any atom is -0.498 e. The molecule has 1 aromatic rings. The molecule has 0 bridgehead atoms. The minimum atomic E-state index is 0.00810. The second kappa shape index (κ2) is 7.74. The standard InChI is InChI=1S/C17H28OSi/c1-3-4-14-5-7-15(8-6-14)16-9-11-17(12-10-16)18-13-19-2/h9-12,14-15H,3-8,13,19H2,1-2H3. The van der Waals surface area contributed by atoms with Gasteiger partial charge in [-0.25, -0.2) is 0 Å². The average molecular weight is 276 g/mol. The maximum atomic E-state index is 5.71. The monoisotopic (exact) mass is 276 g/mol. The van der Waals surface area contributed by atoms with E-state index in [9.17, 15) is 0 Å². The molecule has 0 unspecified atom stereocenters. The molecular weight excluding hydrogens is 248 g/mol. The van der Waals surface area contributed by atoms with E-state index in [1.165, 1.54) is 44.1 Å². The van der Waals surface area contributed by atoms with Gasteiger partial charge in [0.25, 0.3) is 0 Å². The van der Waals surface area contributed by atoms with Crippen molar-refractivity contribution >= 4 is 9.52 Å². The van der Waals surface area contributed by atoms with Crippen molar-refractivity contribution in [2.24, 2.45) is 5.92 Å². The summed E-state index contributed by atoms with van der Waals surface area (Å²) in [6, 6.07) is 8.91. The largest absolute Gasteiger partial charge is 0.498 e. The van der Waals surface area contributed by atoms with E-state index in [0.29, 0.717) is 0 Å². The smallest absolute Gasteiger partial charge is 0.118 e. The van der Waals surface area contributed by atoms with Gasteiger partial charge >= 0.3 is 0 Å². The van der Waals surface area contributed by atoms with Crippen molar-refractivity contribution in [2.45, 2.75) is 57.9 Å². The Kier molecular flexibility index (Phi) is 5.96. The van der Waals surface area contributed by atoms with Crippen molar-refractivity contribution < 1.29 is 4.74 Å². The van der Waals surface area contributed by atoms with Crippen molar-refractivity contribution in [2.75, 3.05) is 6.23 Å². The number of rotatable bonds is 6. The minimum absolute atomic E-state index is 0.00810. The highest BCUT2D eigenvalue weighted by molar-refractivity contribution is 6.33. The van der Waals surface area contributed by atoms with Crippen molar-refractivity contribution in [3.63, 3.8) is 0 Å². The van der Waals surface area contributed by atoms with Crippen molar-refractivity contribution in [3.05, 3.63) is 29.8 Å². The molecule has 1 aliphatic rings. The van der Waals surface area contributed by atoms with Crippen LogP contribution >= 0.6 is 0 Å². The van der Waals surface area contributed by atoms with Gasteiger partial charge in [0.15, 0.2) is 0 Å². The van der Waals surface area contributed by atoms with Gasteiger partial charge in [0.05, 0.1) is 15.7 Å². The summed E-state index contributed by atoms with van der Waals surface area (Å²) in [6.45, 7) is 4.59. The fourth-order valence-electron chi connectivity index (χ4n) is 3.25. The van der Waals surface area contributed by atoms with Crippen LogP contribution in [-0.2, 0) is 0 Å². The van der Waals surface area contributed by atoms with Crippen LogP contribution in [0.1, 0.15) is 56.9 Å². The van der Waals surface area contributed by atoms with Crippen LogP contribution in [0.5, 0.6) is 5.75 Å². The van der Waals surface area contributed by atoms with E-state index < -0.39 is 0 Å². The third kappa shape index (κ3) is 4.38. The Labute approximate surface area is 120 Å². The zero-order valence-corrected chi connectivity index (χ0v) is 13.9. The first-order chi connectivity index (χ1) is 9.33. The van der Waals surface area contributed by atoms with E-state index in [1.807, 2.05) is 0 Å². The van der Waals surface area contributed by atoms with Crippen LogP contribution in [-0.4, -0.2) is 15.7 Å². The fourth-order valence-corrected chi connectivity index (χ4v) is 3.69. The first kappa shape index (κ1) is 14.6. The Morgan fingerprint density at radius 3 is 2.37 bits per heavy atom. The fraction of sp³-hybridized carbons (Fsp3) is 0.647. The molecule has 0 heterocycles. The molecule has 0 N–H and O–H groups in total. The second-order valence-electron chi connectivity index (χ2n) is 5.92. The maximum absolute atomic E-state index is 5.71. The Bertz CT molecular complexity index is 352. The lowest BCUT2D eigenvalue weighted by Crippen LogP contribution is -2.13. The van der Waals surface area contributed by atoms with Gasteiger partial charge in [-0.15, -0.1) is 0 Å². The zero-order chi connectivity index (χ0) is 13.5. The van der Waals surface area contributed by atoms with Gasteiger partial charge in [-0.2, -0.15) is 0 Å². The zero-order valence-electron chi connectivity index (χ0n) is 12.5. The van der Waals surface area contributed by atoms with Gasteiger partial charge < -0.3 is 4.74 Å². The lowest BCUT2D eigenvalue weighted by Gasteiger charge is -2.28. The van der Waals surface area contributed by atoms with Gasteiger partial charge in [0.2, 0.25) is 0 Å². The third-order valence-electron chi connectivity index (χ3n) is 4.37. The molecule has 0 aromatic heterocycles. The van der Waals surface area contributed by atoms with E-state index in [4.69, 9.17) is 4.74 Å². The average Bonchev–Trinajstić information content (AvgIpc) is 2.47. The van der Waals surface area contributed by atoms with E-state index in [0.717, 1.165) is 23.8 Å². The third-order valence-corrected chi connectivity index (χ3v) is 4.98. The Morgan fingerprint density at radius 2 is 1.79 bits per heavy atom. The second-order valence-corrected chi connectivity index (χ2v) is 7.33. The van der Waals surface area contributed by atoms with Crippen LogP contribution < -0.4 is 4.74 Å². The predicted molar refractivity (Wildman–Crippen MR) is 86.0 cm³/mol. The van der Waals surface area contributed by atoms with Crippen LogP contribution in [0.4, 0.5) is 0 Å². The molecule has 0 radical (unpaired) electrons. The topological polar surface area (TPSA) is 9.23 Å². The molecule has 106 valence electrons. The van der Waals surface area contributed by atoms with Crippen LogP contribution in [0.3, 0.4) is 0 Å². The number of hydrogen-bond donors (Lipinski definition) is 0. The Hall–Kier alpha value is -0.763. The quantitative estimate of drug-likeness (QED) is 0.703. The van der Waals surface area contributed by atoms with E-state index >= 15 is 0 Å². The number of benzene rings is 1. The molecule has 0 saturated heterocycles. The van der Waals surface area contributed by atoms with Gasteiger partial charge in [0.1, 0.15) is 5.75 Å². The van der Waals surface area contributed by atoms with Crippen LogP contribution in [0.25, 0.3) is 0 Å². The molecule has 0 atom stereocenters. The molecule has 19 heavy (non-hydrogen) atoms. The van der Waals surface area contributed by atoms with Gasteiger partial charge in [-0.1, -0.05) is 38.4 Å². The highest BCUT2D eigenvalue weighted by Gasteiger charge is 2.21. The molecule has 2 heteroatoms. The molecule has 1 aromatic carbocycles. The maximum Gasteiger partial charge on any atom is 0.118 e. The van der Waals surface area contributed by atoms with E-state index in [1.54, 1.807) is 0 Å². The molecule has 0 spiro atoms. The summed E-state index contributed by atoms with van der Waals surface area (Å²) in [7, 11) is 0.00810. The summed E-state index contributed by atoms with van der Waals surface area (Å²) in [5.74, 6) is 2.85. The lowest BCUT2D eigenvalue weighted by atomic mass is 9.77. The Morgan fingerprint density at radius 1 is 1.11 bits per heavy atom. The Balaban J connectivity index is 1.85. The van der Waals surface area contributed by atoms with Crippen LogP contribution in [0.2, 0.25) is 6.55 Å². The van der Waals surface area contributed by atoms with E-state index in [-0.39, 0.29) is 9.52 Å².